The molecule has 1 saturated heterocycles. The fourth-order valence-electron chi connectivity index (χ4n) is 3.80. The average molecular weight is 394 g/mol. The number of likely N-dealkylation sites (tertiary alicyclic amines) is 1. The molecule has 0 bridgehead atoms. The number of rotatable bonds is 1. The largest absolute Gasteiger partial charge is 0.465 e. The van der Waals surface area contributed by atoms with Crippen LogP contribution in [0, 0.1) is 0 Å². The molecule has 26 heavy (non-hydrogen) atoms. The van der Waals surface area contributed by atoms with Crippen molar-refractivity contribution in [2.45, 2.75) is 18.2 Å². The standard InChI is InChI=1S/C18H17Cl2N3O3/c19-9-1-3-14-11(5-9)12-6-10(20)2-4-15(12)23(14)16-8-22(18(25)26)7-13(21)17(16)24/h1-6,13,16-17,24H,7-8,21H2,(H,25,26). The second-order valence-corrected chi connectivity index (χ2v) is 7.48. The number of hydrogen-bond donors (Lipinski definition) is 3. The summed E-state index contributed by atoms with van der Waals surface area (Å²) in [6.45, 7) is 0.246. The van der Waals surface area contributed by atoms with Crippen molar-refractivity contribution < 1.29 is 15.0 Å². The van der Waals surface area contributed by atoms with Crippen LogP contribution in [0.2, 0.25) is 10.0 Å². The Morgan fingerprint density at radius 1 is 1.04 bits per heavy atom. The molecular weight excluding hydrogens is 377 g/mol. The van der Waals surface area contributed by atoms with Crippen LogP contribution >= 0.6 is 23.2 Å². The van der Waals surface area contributed by atoms with Gasteiger partial charge in [-0.2, -0.15) is 0 Å². The zero-order chi connectivity index (χ0) is 18.6. The van der Waals surface area contributed by atoms with Crippen molar-refractivity contribution in [3.05, 3.63) is 46.4 Å². The van der Waals surface area contributed by atoms with Crippen LogP contribution in [0.1, 0.15) is 6.04 Å². The monoisotopic (exact) mass is 393 g/mol. The summed E-state index contributed by atoms with van der Waals surface area (Å²) in [5.74, 6) is 0. The van der Waals surface area contributed by atoms with E-state index < -0.39 is 24.3 Å². The van der Waals surface area contributed by atoms with Gasteiger partial charge in [0.15, 0.2) is 0 Å². The van der Waals surface area contributed by atoms with E-state index in [1.165, 1.54) is 4.90 Å². The quantitative estimate of drug-likeness (QED) is 0.591. The number of fused-ring (bicyclic) bond motifs is 3. The predicted molar refractivity (Wildman–Crippen MR) is 102 cm³/mol. The van der Waals surface area contributed by atoms with Crippen LogP contribution in [-0.2, 0) is 0 Å². The van der Waals surface area contributed by atoms with Crippen molar-refractivity contribution in [3.63, 3.8) is 0 Å². The van der Waals surface area contributed by atoms with Gasteiger partial charge < -0.3 is 25.4 Å². The topological polar surface area (TPSA) is 91.7 Å². The first kappa shape index (κ1) is 17.4. The molecular formula is C18H17Cl2N3O3. The first-order valence-corrected chi connectivity index (χ1v) is 8.92. The molecule has 4 N–H and O–H groups in total. The molecule has 0 aliphatic carbocycles. The Bertz CT molecular complexity index is 960. The third-order valence-electron chi connectivity index (χ3n) is 5.00. The highest BCUT2D eigenvalue weighted by Crippen LogP contribution is 2.37. The van der Waals surface area contributed by atoms with Gasteiger partial charge in [0.25, 0.3) is 0 Å². The van der Waals surface area contributed by atoms with Crippen LogP contribution < -0.4 is 5.73 Å². The summed E-state index contributed by atoms with van der Waals surface area (Å²) < 4.78 is 1.94. The van der Waals surface area contributed by atoms with Gasteiger partial charge in [-0.3, -0.25) is 0 Å². The Kier molecular flexibility index (Phi) is 4.23. The molecule has 3 atom stereocenters. The maximum absolute atomic E-state index is 11.5. The van der Waals surface area contributed by atoms with E-state index in [0.29, 0.717) is 10.0 Å². The van der Waals surface area contributed by atoms with Gasteiger partial charge >= 0.3 is 6.09 Å². The molecule has 3 aromatic rings. The Morgan fingerprint density at radius 2 is 1.58 bits per heavy atom. The van der Waals surface area contributed by atoms with Crippen molar-refractivity contribution in [2.75, 3.05) is 13.1 Å². The zero-order valence-electron chi connectivity index (χ0n) is 13.6. The van der Waals surface area contributed by atoms with E-state index in [1.807, 2.05) is 28.8 Å². The number of aliphatic hydroxyl groups is 1. The Labute approximate surface area is 159 Å². The number of nitrogens with two attached hydrogens (primary N) is 1. The molecule has 3 unspecified atom stereocenters. The van der Waals surface area contributed by atoms with Gasteiger partial charge in [0.05, 0.1) is 18.2 Å². The highest BCUT2D eigenvalue weighted by Gasteiger charge is 2.38. The number of piperidine rings is 1. The minimum Gasteiger partial charge on any atom is -0.465 e. The normalized spacial score (nSPS) is 23.7. The Balaban J connectivity index is 1.98. The fourth-order valence-corrected chi connectivity index (χ4v) is 4.15. The predicted octanol–water partition coefficient (Wildman–Crippen LogP) is 3.32. The van der Waals surface area contributed by atoms with Crippen LogP contribution in [0.3, 0.4) is 0 Å². The molecule has 0 spiro atoms. The second kappa shape index (κ2) is 6.32. The van der Waals surface area contributed by atoms with Gasteiger partial charge in [0.2, 0.25) is 0 Å². The van der Waals surface area contributed by atoms with Gasteiger partial charge in [-0.25, -0.2) is 4.79 Å². The summed E-state index contributed by atoms with van der Waals surface area (Å²) in [6, 6.07) is 9.77. The molecule has 4 rings (SSSR count). The number of amides is 1. The molecule has 2 heterocycles. The molecule has 1 aromatic heterocycles. The molecule has 1 aliphatic rings. The lowest BCUT2D eigenvalue weighted by Crippen LogP contribution is -2.57. The number of aliphatic hydroxyl groups excluding tert-OH is 1. The maximum atomic E-state index is 11.5. The lowest BCUT2D eigenvalue weighted by atomic mass is 9.97. The van der Waals surface area contributed by atoms with Gasteiger partial charge in [0.1, 0.15) is 0 Å². The molecule has 0 radical (unpaired) electrons. The van der Waals surface area contributed by atoms with E-state index >= 15 is 0 Å². The second-order valence-electron chi connectivity index (χ2n) is 6.60. The Hall–Kier alpha value is -1.99. The number of carbonyl (C=O) groups is 1. The molecule has 136 valence electrons. The van der Waals surface area contributed by atoms with E-state index in [1.54, 1.807) is 12.1 Å². The summed E-state index contributed by atoms with van der Waals surface area (Å²) in [6.07, 6.45) is -1.93. The molecule has 1 aliphatic heterocycles. The van der Waals surface area contributed by atoms with E-state index in [9.17, 15) is 15.0 Å². The van der Waals surface area contributed by atoms with Crippen LogP contribution in [0.25, 0.3) is 21.8 Å². The smallest absolute Gasteiger partial charge is 0.407 e. The summed E-state index contributed by atoms with van der Waals surface area (Å²) in [5.41, 5.74) is 7.71. The molecule has 0 saturated carbocycles. The van der Waals surface area contributed by atoms with E-state index in [0.717, 1.165) is 21.8 Å². The SMILES string of the molecule is NC1CN(C(=O)O)CC(n2c3ccc(Cl)cc3c3cc(Cl)ccc32)C1O. The molecule has 2 aromatic carbocycles. The fraction of sp³-hybridized carbons (Fsp3) is 0.278. The maximum Gasteiger partial charge on any atom is 0.407 e. The van der Waals surface area contributed by atoms with Crippen LogP contribution in [0.4, 0.5) is 4.79 Å². The minimum atomic E-state index is -1.05. The van der Waals surface area contributed by atoms with Crippen molar-refractivity contribution >= 4 is 51.1 Å². The van der Waals surface area contributed by atoms with Gasteiger partial charge in [-0.1, -0.05) is 23.2 Å². The minimum absolute atomic E-state index is 0.0990. The summed E-state index contributed by atoms with van der Waals surface area (Å²) >= 11 is 12.3. The van der Waals surface area contributed by atoms with Crippen molar-refractivity contribution in [3.8, 4) is 0 Å². The summed E-state index contributed by atoms with van der Waals surface area (Å²) in [7, 11) is 0. The first-order chi connectivity index (χ1) is 12.4. The van der Waals surface area contributed by atoms with Gasteiger partial charge in [0, 0.05) is 44.9 Å². The highest BCUT2D eigenvalue weighted by molar-refractivity contribution is 6.33. The first-order valence-electron chi connectivity index (χ1n) is 8.17. The van der Waals surface area contributed by atoms with Crippen LogP contribution in [0.5, 0.6) is 0 Å². The third-order valence-corrected chi connectivity index (χ3v) is 5.47. The average Bonchev–Trinajstić information content (AvgIpc) is 2.90. The molecule has 1 amide bonds. The van der Waals surface area contributed by atoms with Crippen molar-refractivity contribution in [1.29, 1.82) is 0 Å². The third kappa shape index (κ3) is 2.70. The highest BCUT2D eigenvalue weighted by atomic mass is 35.5. The zero-order valence-corrected chi connectivity index (χ0v) is 15.2. The molecule has 1 fully saturated rings. The van der Waals surface area contributed by atoms with Gasteiger partial charge in [-0.05, 0) is 36.4 Å². The van der Waals surface area contributed by atoms with Crippen LogP contribution in [-0.4, -0.2) is 51.0 Å². The van der Waals surface area contributed by atoms with Crippen molar-refractivity contribution in [2.24, 2.45) is 5.73 Å². The molecule has 8 heteroatoms. The summed E-state index contributed by atoms with van der Waals surface area (Å²) in [5, 5.41) is 23.1. The number of aromatic nitrogens is 1. The number of halogens is 2. The number of benzene rings is 2. The Morgan fingerprint density at radius 3 is 2.08 bits per heavy atom. The summed E-state index contributed by atoms with van der Waals surface area (Å²) in [4.78, 5) is 12.7. The van der Waals surface area contributed by atoms with E-state index in [-0.39, 0.29) is 13.1 Å². The number of nitrogens with zero attached hydrogens (tertiary/aromatic N) is 2. The lowest BCUT2D eigenvalue weighted by molar-refractivity contribution is 0.0221. The van der Waals surface area contributed by atoms with Crippen LogP contribution in [0.15, 0.2) is 36.4 Å². The molecule has 6 nitrogen and oxygen atoms in total. The van der Waals surface area contributed by atoms with E-state index in [4.69, 9.17) is 28.9 Å². The van der Waals surface area contributed by atoms with Gasteiger partial charge in [-0.15, -0.1) is 0 Å². The van der Waals surface area contributed by atoms with Crippen molar-refractivity contribution in [1.82, 2.24) is 9.47 Å². The number of hydrogen-bond acceptors (Lipinski definition) is 3. The lowest BCUT2D eigenvalue weighted by Gasteiger charge is -2.39. The van der Waals surface area contributed by atoms with E-state index in [2.05, 4.69) is 0 Å². The number of carboxylic acid groups (broad SMARTS) is 1.